The second kappa shape index (κ2) is 9.25. The van der Waals surface area contributed by atoms with E-state index in [1.807, 2.05) is 54.6 Å². The number of nitrogen functional groups attached to an aromatic ring is 1. The van der Waals surface area contributed by atoms with Gasteiger partial charge in [0.05, 0.1) is 6.54 Å². The predicted octanol–water partition coefficient (Wildman–Crippen LogP) is 3.71. The van der Waals surface area contributed by atoms with Crippen LogP contribution >= 0.6 is 0 Å². The van der Waals surface area contributed by atoms with Crippen molar-refractivity contribution in [3.63, 3.8) is 0 Å². The maximum Gasteiger partial charge on any atom is 0.258 e. The molecule has 0 heterocycles. The average Bonchev–Trinajstić information content (AvgIpc) is 2.77. The van der Waals surface area contributed by atoms with Crippen LogP contribution in [0.1, 0.15) is 21.5 Å². The quantitative estimate of drug-likeness (QED) is 0.357. The molecule has 4 N–H and O–H groups in total. The van der Waals surface area contributed by atoms with Crippen LogP contribution in [0.2, 0.25) is 0 Å². The van der Waals surface area contributed by atoms with Gasteiger partial charge in [0.15, 0.2) is 0 Å². The first kappa shape index (κ1) is 19.7. The van der Waals surface area contributed by atoms with E-state index < -0.39 is 0 Å². The lowest BCUT2D eigenvalue weighted by Gasteiger charge is -2.17. The second-order valence-corrected chi connectivity index (χ2v) is 6.42. The lowest BCUT2D eigenvalue weighted by Crippen LogP contribution is -2.26. The van der Waals surface area contributed by atoms with Gasteiger partial charge in [0.2, 0.25) is 0 Å². The summed E-state index contributed by atoms with van der Waals surface area (Å²) in [7, 11) is 1.76. The van der Waals surface area contributed by atoms with E-state index in [1.165, 1.54) is 0 Å². The Labute approximate surface area is 170 Å². The van der Waals surface area contributed by atoms with Gasteiger partial charge in [0.25, 0.3) is 5.91 Å². The van der Waals surface area contributed by atoms with Gasteiger partial charge < -0.3 is 16.0 Å². The summed E-state index contributed by atoms with van der Waals surface area (Å²) in [4.78, 5) is 14.2. The van der Waals surface area contributed by atoms with Crippen molar-refractivity contribution in [1.29, 1.82) is 5.41 Å². The summed E-state index contributed by atoms with van der Waals surface area (Å²) < 4.78 is 0. The third-order valence-electron chi connectivity index (χ3n) is 4.39. The third-order valence-corrected chi connectivity index (χ3v) is 4.39. The number of nitrogens with one attached hydrogen (secondary N) is 2. The van der Waals surface area contributed by atoms with Crippen LogP contribution in [0.25, 0.3) is 0 Å². The summed E-state index contributed by atoms with van der Waals surface area (Å²) in [6, 6.07) is 24.1. The molecule has 0 aliphatic rings. The van der Waals surface area contributed by atoms with Crippen LogP contribution < -0.4 is 16.0 Å². The van der Waals surface area contributed by atoms with Crippen molar-refractivity contribution in [2.45, 2.75) is 0 Å². The highest BCUT2D eigenvalue weighted by atomic mass is 16.2. The van der Waals surface area contributed by atoms with E-state index in [4.69, 9.17) is 11.1 Å². The minimum atomic E-state index is -0.0635. The lowest BCUT2D eigenvalue weighted by molar-refractivity contribution is 0.0993. The number of hydrogen-bond acceptors (Lipinski definition) is 3. The van der Waals surface area contributed by atoms with Crippen molar-refractivity contribution >= 4 is 23.1 Å². The number of hydrogen-bond donors (Lipinski definition) is 3. The highest BCUT2D eigenvalue weighted by Crippen LogP contribution is 2.15. The van der Waals surface area contributed by atoms with Crippen LogP contribution in [0.5, 0.6) is 0 Å². The molecule has 0 bridgehead atoms. The first-order valence-electron chi connectivity index (χ1n) is 9.15. The molecule has 0 aliphatic carbocycles. The van der Waals surface area contributed by atoms with Crippen molar-refractivity contribution < 1.29 is 4.79 Å². The largest absolute Gasteiger partial charge is 0.384 e. The van der Waals surface area contributed by atoms with Crippen LogP contribution in [0.15, 0.2) is 78.9 Å². The Kier molecular flexibility index (Phi) is 6.29. The summed E-state index contributed by atoms with van der Waals surface area (Å²) in [6.07, 6.45) is 0. The number of benzene rings is 3. The number of carbonyl (C=O) groups excluding carboxylic acids is 1. The number of amides is 1. The smallest absolute Gasteiger partial charge is 0.258 e. The van der Waals surface area contributed by atoms with E-state index in [1.54, 1.807) is 36.2 Å². The second-order valence-electron chi connectivity index (χ2n) is 6.42. The van der Waals surface area contributed by atoms with Gasteiger partial charge in [0.1, 0.15) is 5.84 Å². The van der Waals surface area contributed by atoms with Crippen molar-refractivity contribution in [3.8, 4) is 11.8 Å². The third kappa shape index (κ3) is 5.24. The van der Waals surface area contributed by atoms with Gasteiger partial charge in [-0.3, -0.25) is 10.2 Å². The van der Waals surface area contributed by atoms with Crippen molar-refractivity contribution in [3.05, 3.63) is 95.6 Å². The zero-order valence-electron chi connectivity index (χ0n) is 16.1. The normalized spacial score (nSPS) is 9.83. The highest BCUT2D eigenvalue weighted by molar-refractivity contribution is 6.05. The molecule has 0 aromatic heterocycles. The van der Waals surface area contributed by atoms with Gasteiger partial charge in [-0.15, -0.1) is 0 Å². The van der Waals surface area contributed by atoms with E-state index >= 15 is 0 Å². The summed E-state index contributed by atoms with van der Waals surface area (Å²) in [5, 5.41) is 10.6. The molecule has 0 aliphatic heterocycles. The molecule has 0 spiro atoms. The Morgan fingerprint density at radius 2 is 1.59 bits per heavy atom. The van der Waals surface area contributed by atoms with Crippen molar-refractivity contribution in [2.24, 2.45) is 5.73 Å². The van der Waals surface area contributed by atoms with Gasteiger partial charge in [-0.05, 0) is 60.7 Å². The number of rotatable bonds is 5. The molecule has 0 saturated carbocycles. The van der Waals surface area contributed by atoms with Crippen molar-refractivity contribution in [2.75, 3.05) is 23.8 Å². The molecule has 0 saturated heterocycles. The summed E-state index contributed by atoms with van der Waals surface area (Å²) >= 11 is 0. The fourth-order valence-electron chi connectivity index (χ4n) is 2.72. The zero-order chi connectivity index (χ0) is 20.6. The zero-order valence-corrected chi connectivity index (χ0v) is 16.1. The van der Waals surface area contributed by atoms with Crippen LogP contribution in [0, 0.1) is 17.3 Å². The average molecular weight is 382 g/mol. The maximum absolute atomic E-state index is 12.6. The first-order chi connectivity index (χ1) is 14.0. The summed E-state index contributed by atoms with van der Waals surface area (Å²) in [6.45, 7) is 0.483. The highest BCUT2D eigenvalue weighted by Gasteiger charge is 2.12. The Balaban J connectivity index is 1.57. The Morgan fingerprint density at radius 1 is 0.966 bits per heavy atom. The monoisotopic (exact) mass is 382 g/mol. The Bertz CT molecular complexity index is 1050. The van der Waals surface area contributed by atoms with Gasteiger partial charge in [-0.2, -0.15) is 0 Å². The standard InChI is InChI=1S/C24H22N4O/c1-28(22-7-3-2-4-8-22)24(29)20-11-9-18(10-12-20)6-5-17-27-21-15-13-19(14-16-21)23(25)26/h2-4,7-16,27H,17H2,1H3,(H3,25,26). The molecule has 1 amide bonds. The molecular formula is C24H22N4O. The Hall–Kier alpha value is -4.04. The Morgan fingerprint density at radius 3 is 2.21 bits per heavy atom. The molecule has 3 aromatic rings. The molecule has 3 aromatic carbocycles. The molecule has 5 heteroatoms. The molecule has 0 fully saturated rings. The summed E-state index contributed by atoms with van der Waals surface area (Å²) in [5.41, 5.74) is 9.35. The fourth-order valence-corrected chi connectivity index (χ4v) is 2.72. The van der Waals surface area contributed by atoms with Gasteiger partial charge in [0, 0.05) is 35.1 Å². The van der Waals surface area contributed by atoms with E-state index in [-0.39, 0.29) is 11.7 Å². The molecular weight excluding hydrogens is 360 g/mol. The minimum absolute atomic E-state index is 0.0493. The van der Waals surface area contributed by atoms with E-state index in [0.717, 1.165) is 16.9 Å². The molecule has 144 valence electrons. The summed E-state index contributed by atoms with van der Waals surface area (Å²) in [5.74, 6) is 6.13. The number of nitrogens with zero attached hydrogens (tertiary/aromatic N) is 1. The minimum Gasteiger partial charge on any atom is -0.384 e. The lowest BCUT2D eigenvalue weighted by atomic mass is 10.1. The van der Waals surface area contributed by atoms with Crippen LogP contribution in [-0.4, -0.2) is 25.3 Å². The predicted molar refractivity (Wildman–Crippen MR) is 118 cm³/mol. The SMILES string of the molecule is CN(C(=O)c1ccc(C#CCNc2ccc(C(=N)N)cc2)cc1)c1ccccc1. The van der Waals surface area contributed by atoms with Crippen LogP contribution in [-0.2, 0) is 0 Å². The molecule has 0 radical (unpaired) electrons. The number of amidine groups is 1. The van der Waals surface area contributed by atoms with E-state index in [2.05, 4.69) is 17.2 Å². The maximum atomic E-state index is 12.6. The topological polar surface area (TPSA) is 82.2 Å². The number of carbonyl (C=O) groups is 1. The van der Waals surface area contributed by atoms with E-state index in [0.29, 0.717) is 17.7 Å². The van der Waals surface area contributed by atoms with Crippen LogP contribution in [0.4, 0.5) is 11.4 Å². The molecule has 5 nitrogen and oxygen atoms in total. The molecule has 29 heavy (non-hydrogen) atoms. The molecule has 3 rings (SSSR count). The fraction of sp³-hybridized carbons (Fsp3) is 0.0833. The number of anilines is 2. The van der Waals surface area contributed by atoms with Gasteiger partial charge in [-0.25, -0.2) is 0 Å². The molecule has 0 atom stereocenters. The van der Waals surface area contributed by atoms with Gasteiger partial charge in [-0.1, -0.05) is 30.0 Å². The first-order valence-corrected chi connectivity index (χ1v) is 9.15. The van der Waals surface area contributed by atoms with E-state index in [9.17, 15) is 4.79 Å². The van der Waals surface area contributed by atoms with Crippen molar-refractivity contribution in [1.82, 2.24) is 0 Å². The number of para-hydroxylation sites is 1. The van der Waals surface area contributed by atoms with Gasteiger partial charge >= 0.3 is 0 Å². The number of nitrogens with two attached hydrogens (primary N) is 1. The van der Waals surface area contributed by atoms with Crippen LogP contribution in [0.3, 0.4) is 0 Å². The molecule has 0 unspecified atom stereocenters.